The minimum atomic E-state index is -4.33. The highest BCUT2D eigenvalue weighted by Crippen LogP contribution is 2.33. The van der Waals surface area contributed by atoms with Gasteiger partial charge in [0.15, 0.2) is 11.5 Å². The number of aryl methyl sites for hydroxylation is 3. The molecule has 0 aliphatic carbocycles. The Kier molecular flexibility index (Phi) is 12.5. The molecule has 0 saturated heterocycles. The summed E-state index contributed by atoms with van der Waals surface area (Å²) in [4.78, 5) is 30.3. The van der Waals surface area contributed by atoms with Gasteiger partial charge in [-0.3, -0.25) is 13.9 Å². The lowest BCUT2D eigenvalue weighted by Crippen LogP contribution is -2.54. The van der Waals surface area contributed by atoms with E-state index in [0.717, 1.165) is 32.1 Å². The second-order valence-electron chi connectivity index (χ2n) is 12.4. The number of methoxy groups -OCH3 is 2. The Bertz CT molecular complexity index is 1840. The van der Waals surface area contributed by atoms with E-state index in [1.165, 1.54) is 37.3 Å². The molecule has 9 nitrogen and oxygen atoms in total. The van der Waals surface area contributed by atoms with Crippen molar-refractivity contribution in [1.82, 2.24) is 10.2 Å². The quantitative estimate of drug-likeness (QED) is 0.156. The molecule has 4 rings (SSSR count). The number of anilines is 1. The Morgan fingerprint density at radius 2 is 1.43 bits per heavy atom. The average Bonchev–Trinajstić information content (AvgIpc) is 3.08. The van der Waals surface area contributed by atoms with Gasteiger partial charge in [-0.15, -0.1) is 0 Å². The summed E-state index contributed by atoms with van der Waals surface area (Å²) in [6.45, 7) is 9.16. The van der Waals surface area contributed by atoms with Crippen LogP contribution in [0.4, 0.5) is 5.69 Å². The van der Waals surface area contributed by atoms with Crippen LogP contribution in [0.2, 0.25) is 0 Å². The van der Waals surface area contributed by atoms with Crippen LogP contribution in [0.1, 0.15) is 48.1 Å². The molecule has 2 amide bonds. The van der Waals surface area contributed by atoms with Gasteiger partial charge < -0.3 is 19.7 Å². The van der Waals surface area contributed by atoms with Crippen molar-refractivity contribution in [3.05, 3.63) is 119 Å². The first-order chi connectivity index (χ1) is 23.4. The summed E-state index contributed by atoms with van der Waals surface area (Å²) in [7, 11) is -1.43. The first-order valence-electron chi connectivity index (χ1n) is 16.4. The zero-order chi connectivity index (χ0) is 35.7. The number of ether oxygens (including phenoxy) is 2. The van der Waals surface area contributed by atoms with Gasteiger partial charge in [-0.1, -0.05) is 73.2 Å². The summed E-state index contributed by atoms with van der Waals surface area (Å²) in [6.07, 6.45) is 0.951. The molecule has 0 fully saturated rings. The van der Waals surface area contributed by atoms with E-state index in [0.29, 0.717) is 17.9 Å². The third-order valence-electron chi connectivity index (χ3n) is 8.42. The molecule has 260 valence electrons. The van der Waals surface area contributed by atoms with E-state index in [1.54, 1.807) is 12.1 Å². The number of nitrogens with zero attached hydrogens (tertiary/aromatic N) is 2. The number of amides is 2. The normalized spacial score (nSPS) is 12.5. The van der Waals surface area contributed by atoms with Crippen molar-refractivity contribution >= 4 is 27.5 Å². The average molecular weight is 686 g/mol. The summed E-state index contributed by atoms with van der Waals surface area (Å²) >= 11 is 0. The minimum Gasteiger partial charge on any atom is -0.493 e. The Morgan fingerprint density at radius 3 is 2.04 bits per heavy atom. The standard InChI is InChI=1S/C39H47N3O6S/c1-8-30(5)40-39(44)35(23-31-14-10-9-11-15-31)41(25-32-16-12-13-27(2)20-32)38(43)26-42(33-21-28(3)19-29(4)22-33)49(45,46)34-17-18-36(47-6)37(24-34)48-7/h9-22,24,30,35H,8,23,25-26H2,1-7H3,(H,40,44)/t30-,35-/m0/s1. The molecule has 4 aromatic rings. The van der Waals surface area contributed by atoms with Gasteiger partial charge in [0.25, 0.3) is 10.0 Å². The second-order valence-corrected chi connectivity index (χ2v) is 14.3. The van der Waals surface area contributed by atoms with Crippen LogP contribution < -0.4 is 19.1 Å². The van der Waals surface area contributed by atoms with Crippen LogP contribution in [0.3, 0.4) is 0 Å². The molecule has 1 N–H and O–H groups in total. The number of benzene rings is 4. The third kappa shape index (κ3) is 9.41. The fourth-order valence-electron chi connectivity index (χ4n) is 5.73. The molecule has 0 saturated carbocycles. The molecule has 49 heavy (non-hydrogen) atoms. The Hall–Kier alpha value is -4.83. The number of rotatable bonds is 15. The van der Waals surface area contributed by atoms with Crippen molar-refractivity contribution in [1.29, 1.82) is 0 Å². The van der Waals surface area contributed by atoms with Crippen molar-refractivity contribution < 1.29 is 27.5 Å². The van der Waals surface area contributed by atoms with E-state index in [1.807, 2.05) is 95.3 Å². The molecule has 0 bridgehead atoms. The Morgan fingerprint density at radius 1 is 0.776 bits per heavy atom. The number of carbonyl (C=O) groups excluding carboxylic acids is 2. The summed E-state index contributed by atoms with van der Waals surface area (Å²) in [5.41, 5.74) is 4.70. The predicted molar refractivity (Wildman–Crippen MR) is 194 cm³/mol. The highest BCUT2D eigenvalue weighted by atomic mass is 32.2. The van der Waals surface area contributed by atoms with E-state index in [9.17, 15) is 18.0 Å². The van der Waals surface area contributed by atoms with Gasteiger partial charge >= 0.3 is 0 Å². The van der Waals surface area contributed by atoms with Crippen molar-refractivity contribution in [2.45, 2.75) is 71.0 Å². The molecule has 2 atom stereocenters. The van der Waals surface area contributed by atoms with Crippen LogP contribution in [-0.2, 0) is 32.6 Å². The lowest BCUT2D eigenvalue weighted by molar-refractivity contribution is -0.140. The largest absolute Gasteiger partial charge is 0.493 e. The van der Waals surface area contributed by atoms with Crippen LogP contribution in [0.25, 0.3) is 0 Å². The van der Waals surface area contributed by atoms with E-state index in [2.05, 4.69) is 5.32 Å². The number of sulfonamides is 1. The van der Waals surface area contributed by atoms with Crippen LogP contribution in [0.5, 0.6) is 11.5 Å². The topological polar surface area (TPSA) is 105 Å². The number of carbonyl (C=O) groups is 2. The molecule has 0 aromatic heterocycles. The van der Waals surface area contributed by atoms with Gasteiger partial charge in [0.2, 0.25) is 11.8 Å². The summed E-state index contributed by atoms with van der Waals surface area (Å²) in [5, 5.41) is 3.07. The van der Waals surface area contributed by atoms with Gasteiger partial charge in [0.05, 0.1) is 24.8 Å². The fraction of sp³-hybridized carbons (Fsp3) is 0.333. The molecule has 0 heterocycles. The molecule has 0 unspecified atom stereocenters. The summed E-state index contributed by atoms with van der Waals surface area (Å²) < 4.78 is 41.0. The second kappa shape index (κ2) is 16.5. The molecule has 0 aliphatic rings. The van der Waals surface area contributed by atoms with E-state index < -0.39 is 28.5 Å². The maximum atomic E-state index is 14.8. The highest BCUT2D eigenvalue weighted by Gasteiger charge is 2.35. The van der Waals surface area contributed by atoms with Gasteiger partial charge in [-0.2, -0.15) is 0 Å². The number of hydrogen-bond donors (Lipinski definition) is 1. The van der Waals surface area contributed by atoms with Crippen molar-refractivity contribution in [3.8, 4) is 11.5 Å². The van der Waals surface area contributed by atoms with Crippen molar-refractivity contribution in [2.75, 3.05) is 25.1 Å². The van der Waals surface area contributed by atoms with Crippen molar-refractivity contribution in [2.24, 2.45) is 0 Å². The molecule has 10 heteroatoms. The van der Waals surface area contributed by atoms with Crippen LogP contribution in [0, 0.1) is 20.8 Å². The maximum absolute atomic E-state index is 14.8. The third-order valence-corrected chi connectivity index (χ3v) is 10.2. The monoisotopic (exact) mass is 685 g/mol. The van der Waals surface area contributed by atoms with Gasteiger partial charge in [0, 0.05) is 25.1 Å². The van der Waals surface area contributed by atoms with Gasteiger partial charge in [0.1, 0.15) is 12.6 Å². The molecule has 0 aliphatic heterocycles. The SMILES string of the molecule is CC[C@H](C)NC(=O)[C@H](Cc1ccccc1)N(Cc1cccc(C)c1)C(=O)CN(c1cc(C)cc(C)c1)S(=O)(=O)c1ccc(OC)c(OC)c1. The van der Waals surface area contributed by atoms with Crippen LogP contribution >= 0.6 is 0 Å². The lowest BCUT2D eigenvalue weighted by atomic mass is 10.0. The highest BCUT2D eigenvalue weighted by molar-refractivity contribution is 7.92. The van der Waals surface area contributed by atoms with E-state index >= 15 is 0 Å². The minimum absolute atomic E-state index is 0.0716. The first-order valence-corrected chi connectivity index (χ1v) is 17.8. The predicted octanol–water partition coefficient (Wildman–Crippen LogP) is 6.38. The molecular formula is C39H47N3O6S. The fourth-order valence-corrected chi connectivity index (χ4v) is 7.14. The molecular weight excluding hydrogens is 639 g/mol. The zero-order valence-electron chi connectivity index (χ0n) is 29.4. The maximum Gasteiger partial charge on any atom is 0.264 e. The molecule has 4 aromatic carbocycles. The number of nitrogens with one attached hydrogen (secondary N) is 1. The first kappa shape index (κ1) is 37.0. The van der Waals surface area contributed by atoms with E-state index in [-0.39, 0.29) is 35.6 Å². The summed E-state index contributed by atoms with van der Waals surface area (Å²) in [6, 6.07) is 26.0. The van der Waals surface area contributed by atoms with Crippen LogP contribution in [-0.4, -0.2) is 58.0 Å². The summed E-state index contributed by atoms with van der Waals surface area (Å²) in [5.74, 6) is -0.221. The molecule has 0 spiro atoms. The lowest BCUT2D eigenvalue weighted by Gasteiger charge is -2.34. The van der Waals surface area contributed by atoms with Gasteiger partial charge in [-0.25, -0.2) is 8.42 Å². The Labute approximate surface area is 290 Å². The number of hydrogen-bond acceptors (Lipinski definition) is 6. The van der Waals surface area contributed by atoms with Crippen LogP contribution in [0.15, 0.2) is 95.9 Å². The zero-order valence-corrected chi connectivity index (χ0v) is 30.2. The smallest absolute Gasteiger partial charge is 0.264 e. The molecule has 0 radical (unpaired) electrons. The Balaban J connectivity index is 1.86. The van der Waals surface area contributed by atoms with E-state index in [4.69, 9.17) is 9.47 Å². The van der Waals surface area contributed by atoms with Crippen molar-refractivity contribution in [3.63, 3.8) is 0 Å². The van der Waals surface area contributed by atoms with Gasteiger partial charge in [-0.05, 0) is 80.6 Å².